The third-order valence-corrected chi connectivity index (χ3v) is 28.7. The lowest BCUT2D eigenvalue weighted by Gasteiger charge is -2.33. The molecule has 1 aliphatic carbocycles. The third kappa shape index (κ3) is 49.1. The molecule has 9 rings (SSSR count). The fourth-order valence-electron chi connectivity index (χ4n) is 19.4. The van der Waals surface area contributed by atoms with E-state index in [1.54, 1.807) is 23.8 Å². The SMILES string of the molecule is C/C=C/c1cc(OC)c(C)cc1OCC(CC)CCCC.C/C=C/c1ccc(C)cc1.CCCCCCCCCCCCC1(CCCCCCCCCCCC)c2cc(C)ccc2-c2ccc(C)cc21.CCCCCCCCCCCCc1cc(C)ccc1C.CCCCCCc1nc(C)ccc1C.[C-]#[N+]/C(=C\c1cc(C)c(C)cc1OCCCCCC)c1cc(OCCCCCC)c(/C(C#N)=C/C)cc1C. The average Bonchev–Trinajstić information content (AvgIpc) is 1.56. The van der Waals surface area contributed by atoms with Gasteiger partial charge in [-0.05, 0) is 276 Å². The van der Waals surface area contributed by atoms with Crippen molar-refractivity contribution in [1.29, 1.82) is 5.26 Å². The number of pyridine rings is 1. The van der Waals surface area contributed by atoms with E-state index in [0.717, 1.165) is 101 Å². The van der Waals surface area contributed by atoms with Crippen LogP contribution in [0, 0.1) is 100.0 Å². The van der Waals surface area contributed by atoms with E-state index >= 15 is 0 Å². The molecule has 0 spiro atoms. The molecule has 782 valence electrons. The minimum absolute atomic E-state index is 0.225. The van der Waals surface area contributed by atoms with Gasteiger partial charge in [-0.25, -0.2) is 4.85 Å². The van der Waals surface area contributed by atoms with Gasteiger partial charge in [-0.2, -0.15) is 5.26 Å². The van der Waals surface area contributed by atoms with Crippen molar-refractivity contribution in [2.24, 2.45) is 5.92 Å². The van der Waals surface area contributed by atoms with Crippen molar-refractivity contribution < 1.29 is 18.9 Å². The van der Waals surface area contributed by atoms with Crippen molar-refractivity contribution in [1.82, 2.24) is 4.98 Å². The molecule has 142 heavy (non-hydrogen) atoms. The maximum absolute atomic E-state index is 9.71. The molecular weight excluding hydrogens is 1730 g/mol. The van der Waals surface area contributed by atoms with Crippen molar-refractivity contribution in [3.8, 4) is 40.2 Å². The van der Waals surface area contributed by atoms with E-state index < -0.39 is 0 Å². The van der Waals surface area contributed by atoms with Crippen LogP contribution >= 0.6 is 0 Å². The van der Waals surface area contributed by atoms with Gasteiger partial charge in [-0.15, -0.1) is 0 Å². The van der Waals surface area contributed by atoms with Crippen LogP contribution < -0.4 is 18.9 Å². The number of nitriles is 1. The molecule has 0 radical (unpaired) electrons. The van der Waals surface area contributed by atoms with E-state index in [2.05, 4.69) is 268 Å². The molecular formula is C135H203N3O4. The topological polar surface area (TPSA) is 78.0 Å². The number of benzene rings is 7. The number of hydrogen-bond donors (Lipinski definition) is 0. The van der Waals surface area contributed by atoms with Crippen molar-refractivity contribution in [3.05, 3.63) is 269 Å². The van der Waals surface area contributed by atoms with Crippen LogP contribution in [0.5, 0.6) is 23.0 Å². The second-order valence-electron chi connectivity index (χ2n) is 41.3. The van der Waals surface area contributed by atoms with Gasteiger partial charge in [0.1, 0.15) is 23.0 Å². The first kappa shape index (κ1) is 125. The lowest BCUT2D eigenvalue weighted by Crippen LogP contribution is -2.25. The van der Waals surface area contributed by atoms with Crippen LogP contribution in [-0.4, -0.2) is 31.9 Å². The summed E-state index contributed by atoms with van der Waals surface area (Å²) in [5, 5.41) is 9.71. The third-order valence-electron chi connectivity index (χ3n) is 28.7. The highest BCUT2D eigenvalue weighted by molar-refractivity contribution is 5.90. The number of rotatable bonds is 63. The van der Waals surface area contributed by atoms with Gasteiger partial charge in [0.2, 0.25) is 0 Å². The fraction of sp³-hybridized carbons (Fsp3) is 0.578. The van der Waals surface area contributed by atoms with Crippen LogP contribution in [0.3, 0.4) is 0 Å². The van der Waals surface area contributed by atoms with Crippen LogP contribution in [0.1, 0.15) is 496 Å². The highest BCUT2D eigenvalue weighted by atomic mass is 16.5. The monoisotopic (exact) mass is 1930 g/mol. The van der Waals surface area contributed by atoms with E-state index in [1.165, 1.54) is 350 Å². The number of aryl methyl sites for hydroxylation is 13. The zero-order valence-electron chi connectivity index (χ0n) is 95.1. The van der Waals surface area contributed by atoms with Gasteiger partial charge >= 0.3 is 0 Å². The van der Waals surface area contributed by atoms with Crippen molar-refractivity contribution in [2.75, 3.05) is 26.9 Å². The molecule has 1 atom stereocenters. The Bertz CT molecular complexity index is 4860. The standard InChI is InChI=1S/C39H62.C34H44N2O2.C20H34.C19H30O2.C13H21N.C10H12/c1-5-7-9-11-13-15-17-19-21-23-29-39(30-24-22-20-18-16-14-12-10-8-6-2)37-31-33(3)25-27-35(37)36-28-26-34(4)32-38(36)39;1-8-11-13-15-17-37-33-21-26(5)25(4)19-29(33)22-32(36-7)30-23-34(38-18-16-14-12-9-2)31(20-27(30)6)28(10-3)24-35;1-4-5-6-7-8-9-10-11-12-13-14-20-17-18(2)15-16-19(20)3;1-6-9-11-16(8-3)14-21-19-12-15(4)18(20-5)13-17(19)10-7-2;1-4-5-6-7-8-13-11(2)9-10-12(3)14-13;1-3-4-10-7-5-9(2)6-8-10/h25-28,31-32H,5-24,29-30H2,1-4H3;10,19-23H,8-9,11-18H2,1-6H3;15-17H,4-14H2,1-3H3;7,10,12-13,16H,6,8-9,11,14H2,1-5H3;9-10H,4-8H2,1-3H3;3-8H,1-2H3/b;28-10+,32-22-;;10-7+;;4-3+. The van der Waals surface area contributed by atoms with Gasteiger partial charge in [-0.1, -0.05) is 462 Å². The molecule has 0 fully saturated rings. The summed E-state index contributed by atoms with van der Waals surface area (Å²) in [7, 11) is 1.71. The van der Waals surface area contributed by atoms with E-state index in [0.29, 0.717) is 36.2 Å². The van der Waals surface area contributed by atoms with Crippen molar-refractivity contribution in [3.63, 3.8) is 0 Å². The molecule has 0 saturated heterocycles. The summed E-state index contributed by atoms with van der Waals surface area (Å²) in [5.41, 5.74) is 29.3. The largest absolute Gasteiger partial charge is 0.496 e. The molecule has 0 amide bonds. The van der Waals surface area contributed by atoms with E-state index in [1.807, 2.05) is 64.1 Å². The van der Waals surface area contributed by atoms with Crippen molar-refractivity contribution in [2.45, 2.75) is 479 Å². The smallest absolute Gasteiger partial charge is 0.195 e. The van der Waals surface area contributed by atoms with Crippen LogP contribution in [0.2, 0.25) is 0 Å². The molecule has 1 heterocycles. The molecule has 7 aromatic carbocycles. The van der Waals surface area contributed by atoms with Gasteiger partial charge < -0.3 is 18.9 Å². The number of fused-ring (bicyclic) bond motifs is 3. The molecule has 0 saturated carbocycles. The number of allylic oxidation sites excluding steroid dienone is 4. The molecule has 8 aromatic rings. The molecule has 0 aliphatic heterocycles. The Morgan fingerprint density at radius 1 is 0.380 bits per heavy atom. The number of ether oxygens (including phenoxy) is 4. The molecule has 0 bridgehead atoms. The Labute approximate surface area is 873 Å². The highest BCUT2D eigenvalue weighted by Crippen LogP contribution is 2.55. The number of nitrogens with zero attached hydrogens (tertiary/aromatic N) is 3. The van der Waals surface area contributed by atoms with Gasteiger partial charge in [0, 0.05) is 33.5 Å². The van der Waals surface area contributed by atoms with Gasteiger partial charge in [0.15, 0.2) is 5.70 Å². The average molecular weight is 1930 g/mol. The summed E-state index contributed by atoms with van der Waals surface area (Å²) >= 11 is 0. The van der Waals surface area contributed by atoms with E-state index in [4.69, 9.17) is 25.5 Å². The first-order valence-corrected chi connectivity index (χ1v) is 57.5. The number of methoxy groups -OCH3 is 1. The first-order valence-electron chi connectivity index (χ1n) is 57.5. The Morgan fingerprint density at radius 2 is 0.810 bits per heavy atom. The normalized spacial score (nSPS) is 12.0. The maximum atomic E-state index is 9.71. The fourth-order valence-corrected chi connectivity index (χ4v) is 19.4. The van der Waals surface area contributed by atoms with Crippen LogP contribution in [-0.2, 0) is 18.3 Å². The molecule has 1 unspecified atom stereocenters. The number of hydrogen-bond acceptors (Lipinski definition) is 6. The second-order valence-corrected chi connectivity index (χ2v) is 41.3. The summed E-state index contributed by atoms with van der Waals surface area (Å²) in [5.74, 6) is 3.98. The Kier molecular flexibility index (Phi) is 68.1. The Hall–Kier alpha value is -9.17. The summed E-state index contributed by atoms with van der Waals surface area (Å²) in [4.78, 5) is 8.50. The molecule has 7 nitrogen and oxygen atoms in total. The summed E-state index contributed by atoms with van der Waals surface area (Å²) in [6, 6.07) is 48.7. The van der Waals surface area contributed by atoms with Gasteiger partial charge in [0.25, 0.3) is 0 Å². The van der Waals surface area contributed by atoms with Crippen molar-refractivity contribution >= 4 is 29.5 Å². The van der Waals surface area contributed by atoms with Crippen LogP contribution in [0.25, 0.3) is 45.5 Å². The first-order chi connectivity index (χ1) is 69.0. The van der Waals surface area contributed by atoms with E-state index in [-0.39, 0.29) is 5.41 Å². The molecule has 1 aromatic heterocycles. The maximum Gasteiger partial charge on any atom is 0.195 e. The zero-order valence-corrected chi connectivity index (χ0v) is 95.1. The predicted molar refractivity (Wildman–Crippen MR) is 625 cm³/mol. The molecule has 1 aliphatic rings. The quantitative estimate of drug-likeness (QED) is 0.0164. The molecule has 0 N–H and O–H groups in total. The minimum atomic E-state index is 0.225. The molecule has 7 heteroatoms. The highest BCUT2D eigenvalue weighted by Gasteiger charge is 2.42. The van der Waals surface area contributed by atoms with E-state index in [9.17, 15) is 5.26 Å². The number of unbranched alkanes of at least 4 members (excludes halogenated alkanes) is 37. The predicted octanol–water partition coefficient (Wildman–Crippen LogP) is 42.3. The lowest BCUT2D eigenvalue weighted by molar-refractivity contribution is 0.232. The summed E-state index contributed by atoms with van der Waals surface area (Å²) < 4.78 is 23.9. The second kappa shape index (κ2) is 77.3. The van der Waals surface area contributed by atoms with Gasteiger partial charge in [-0.3, -0.25) is 4.98 Å². The van der Waals surface area contributed by atoms with Gasteiger partial charge in [0.05, 0.1) is 45.1 Å². The summed E-state index contributed by atoms with van der Waals surface area (Å²) in [6.45, 7) is 57.6. The van der Waals surface area contributed by atoms with Crippen LogP contribution in [0.15, 0.2) is 146 Å². The summed E-state index contributed by atoms with van der Waals surface area (Å²) in [6.07, 6.45) is 78.9. The Balaban J connectivity index is 0.000000376. The zero-order chi connectivity index (χ0) is 104. The minimum Gasteiger partial charge on any atom is -0.496 e. The number of aromatic nitrogens is 1. The van der Waals surface area contributed by atoms with Crippen LogP contribution in [0.4, 0.5) is 0 Å². The lowest BCUT2D eigenvalue weighted by atomic mass is 9.70. The Morgan fingerprint density at radius 3 is 1.29 bits per heavy atom.